The summed E-state index contributed by atoms with van der Waals surface area (Å²) in [5.74, 6) is -0.671. The third kappa shape index (κ3) is 1.57. The predicted octanol–water partition coefficient (Wildman–Crippen LogP) is 2.34. The molecule has 1 aromatic rings. The van der Waals surface area contributed by atoms with Crippen LogP contribution in [-0.2, 0) is 14.2 Å². The molecule has 0 radical (unpaired) electrons. The van der Waals surface area contributed by atoms with Gasteiger partial charge in [-0.05, 0) is 5.56 Å². The third-order valence-electron chi connectivity index (χ3n) is 3.00. The minimum absolute atomic E-state index is 0.0612. The molecule has 82 valence electrons. The highest BCUT2D eigenvalue weighted by Crippen LogP contribution is 2.49. The van der Waals surface area contributed by atoms with E-state index in [1.807, 2.05) is 18.2 Å². The van der Waals surface area contributed by atoms with Gasteiger partial charge in [-0.1, -0.05) is 37.3 Å². The van der Waals surface area contributed by atoms with Gasteiger partial charge < -0.3 is 14.2 Å². The second-order valence-corrected chi connectivity index (χ2v) is 3.75. The summed E-state index contributed by atoms with van der Waals surface area (Å²) in [6.45, 7) is 2.06. The molecule has 1 heterocycles. The molecule has 0 amide bonds. The monoisotopic (exact) mass is 208 g/mol. The van der Waals surface area contributed by atoms with Crippen molar-refractivity contribution in [2.24, 2.45) is 5.92 Å². The second-order valence-electron chi connectivity index (χ2n) is 3.75. The summed E-state index contributed by atoms with van der Waals surface area (Å²) < 4.78 is 16.2. The van der Waals surface area contributed by atoms with Crippen molar-refractivity contribution in [1.82, 2.24) is 0 Å². The molecule has 1 fully saturated rings. The van der Waals surface area contributed by atoms with E-state index in [0.29, 0.717) is 0 Å². The van der Waals surface area contributed by atoms with Crippen molar-refractivity contribution in [2.45, 2.75) is 19.0 Å². The fraction of sp³-hybridized carbons (Fsp3) is 0.500. The van der Waals surface area contributed by atoms with Crippen molar-refractivity contribution in [2.75, 3.05) is 14.2 Å². The number of rotatable bonds is 3. The highest BCUT2D eigenvalue weighted by atomic mass is 16.9. The molecule has 1 aliphatic rings. The zero-order valence-corrected chi connectivity index (χ0v) is 9.27. The summed E-state index contributed by atoms with van der Waals surface area (Å²) in [5.41, 5.74) is 1.16. The van der Waals surface area contributed by atoms with Crippen molar-refractivity contribution in [3.8, 4) is 0 Å². The van der Waals surface area contributed by atoms with E-state index in [-0.39, 0.29) is 12.0 Å². The van der Waals surface area contributed by atoms with Crippen LogP contribution >= 0.6 is 0 Å². The average molecular weight is 208 g/mol. The minimum atomic E-state index is -0.861. The highest BCUT2D eigenvalue weighted by molar-refractivity contribution is 5.20. The maximum absolute atomic E-state index is 5.68. The Bertz CT molecular complexity index is 319. The lowest BCUT2D eigenvalue weighted by Gasteiger charge is -2.50. The van der Waals surface area contributed by atoms with Crippen LogP contribution in [-0.4, -0.2) is 20.2 Å². The molecule has 2 atom stereocenters. The van der Waals surface area contributed by atoms with E-state index >= 15 is 0 Å². The van der Waals surface area contributed by atoms with Crippen LogP contribution in [0, 0.1) is 5.92 Å². The summed E-state index contributed by atoms with van der Waals surface area (Å²) >= 11 is 0. The van der Waals surface area contributed by atoms with E-state index < -0.39 is 5.97 Å². The van der Waals surface area contributed by atoms with Crippen molar-refractivity contribution < 1.29 is 14.2 Å². The summed E-state index contributed by atoms with van der Waals surface area (Å²) in [4.78, 5) is 0. The third-order valence-corrected chi connectivity index (χ3v) is 3.00. The van der Waals surface area contributed by atoms with Crippen LogP contribution in [0.2, 0.25) is 0 Å². The van der Waals surface area contributed by atoms with Crippen LogP contribution in [0.4, 0.5) is 0 Å². The van der Waals surface area contributed by atoms with Crippen LogP contribution in [0.25, 0.3) is 0 Å². The first kappa shape index (κ1) is 10.6. The van der Waals surface area contributed by atoms with Gasteiger partial charge in [-0.3, -0.25) is 0 Å². The molecule has 3 nitrogen and oxygen atoms in total. The van der Waals surface area contributed by atoms with Gasteiger partial charge in [0.15, 0.2) is 0 Å². The largest absolute Gasteiger partial charge is 0.331 e. The summed E-state index contributed by atoms with van der Waals surface area (Å²) in [6.07, 6.45) is 0.0612. The van der Waals surface area contributed by atoms with Gasteiger partial charge in [0, 0.05) is 14.2 Å². The predicted molar refractivity (Wildman–Crippen MR) is 56.2 cm³/mol. The molecule has 0 aromatic heterocycles. The fourth-order valence-electron chi connectivity index (χ4n) is 2.05. The molecule has 1 aliphatic heterocycles. The number of benzene rings is 1. The normalized spacial score (nSPS) is 28.5. The Hall–Kier alpha value is -0.900. The smallest absolute Gasteiger partial charge is 0.288 e. The molecule has 0 aliphatic carbocycles. The van der Waals surface area contributed by atoms with Gasteiger partial charge in [0.1, 0.15) is 0 Å². The summed E-state index contributed by atoms with van der Waals surface area (Å²) in [7, 11) is 3.20. The number of hydrogen-bond acceptors (Lipinski definition) is 3. The van der Waals surface area contributed by atoms with Gasteiger partial charge >= 0.3 is 0 Å². The molecule has 1 aromatic carbocycles. The number of methoxy groups -OCH3 is 2. The molecule has 0 bridgehead atoms. The van der Waals surface area contributed by atoms with E-state index in [0.717, 1.165) is 5.56 Å². The van der Waals surface area contributed by atoms with Crippen molar-refractivity contribution in [3.05, 3.63) is 35.9 Å². The van der Waals surface area contributed by atoms with Gasteiger partial charge in [-0.15, -0.1) is 0 Å². The molecule has 0 N–H and O–H groups in total. The molecule has 1 saturated heterocycles. The topological polar surface area (TPSA) is 27.7 Å². The van der Waals surface area contributed by atoms with Crippen LogP contribution in [0.1, 0.15) is 18.6 Å². The molecule has 2 rings (SSSR count). The molecule has 3 heteroatoms. The van der Waals surface area contributed by atoms with E-state index in [2.05, 4.69) is 19.1 Å². The van der Waals surface area contributed by atoms with Gasteiger partial charge in [-0.25, -0.2) is 0 Å². The lowest BCUT2D eigenvalue weighted by molar-refractivity contribution is -0.480. The Kier molecular flexibility index (Phi) is 2.78. The second kappa shape index (κ2) is 3.93. The average Bonchev–Trinajstić information content (AvgIpc) is 2.30. The van der Waals surface area contributed by atoms with Gasteiger partial charge in [0.05, 0.1) is 12.0 Å². The zero-order valence-electron chi connectivity index (χ0n) is 9.27. The first-order valence-corrected chi connectivity index (χ1v) is 5.06. The SMILES string of the molecule is COC1(OC)O[C@@H](c2ccccc2)[C@H]1C. The van der Waals surface area contributed by atoms with E-state index in [9.17, 15) is 0 Å². The first-order valence-electron chi connectivity index (χ1n) is 5.06. The molecule has 15 heavy (non-hydrogen) atoms. The van der Waals surface area contributed by atoms with Crippen molar-refractivity contribution >= 4 is 0 Å². The Morgan fingerprint density at radius 1 is 1.13 bits per heavy atom. The number of ether oxygens (including phenoxy) is 3. The van der Waals surface area contributed by atoms with Crippen LogP contribution in [0.5, 0.6) is 0 Å². The van der Waals surface area contributed by atoms with Gasteiger partial charge in [-0.2, -0.15) is 0 Å². The summed E-state index contributed by atoms with van der Waals surface area (Å²) in [5, 5.41) is 0. The quantitative estimate of drug-likeness (QED) is 0.713. The van der Waals surface area contributed by atoms with E-state index in [1.165, 1.54) is 0 Å². The van der Waals surface area contributed by atoms with Crippen LogP contribution in [0.3, 0.4) is 0 Å². The van der Waals surface area contributed by atoms with Crippen LogP contribution < -0.4 is 0 Å². The molecular formula is C12H16O3. The molecule has 0 unspecified atom stereocenters. The van der Waals surface area contributed by atoms with Crippen molar-refractivity contribution in [1.29, 1.82) is 0 Å². The van der Waals surface area contributed by atoms with Crippen LogP contribution in [0.15, 0.2) is 30.3 Å². The highest BCUT2D eigenvalue weighted by Gasteiger charge is 2.55. The van der Waals surface area contributed by atoms with Gasteiger partial charge in [0.25, 0.3) is 5.97 Å². The Morgan fingerprint density at radius 2 is 1.73 bits per heavy atom. The zero-order chi connectivity index (χ0) is 10.9. The summed E-state index contributed by atoms with van der Waals surface area (Å²) in [6, 6.07) is 10.1. The maximum atomic E-state index is 5.68. The number of hydrogen-bond donors (Lipinski definition) is 0. The fourth-order valence-corrected chi connectivity index (χ4v) is 2.05. The lowest BCUT2D eigenvalue weighted by Crippen LogP contribution is -2.56. The van der Waals surface area contributed by atoms with Crippen molar-refractivity contribution in [3.63, 3.8) is 0 Å². The van der Waals surface area contributed by atoms with E-state index in [1.54, 1.807) is 14.2 Å². The standard InChI is InChI=1S/C12H16O3/c1-9-11(10-7-5-4-6-8-10)15-12(9,13-2)14-3/h4-9,11H,1-3H3/t9-,11-/m1/s1. The maximum Gasteiger partial charge on any atom is 0.288 e. The Morgan fingerprint density at radius 3 is 2.20 bits per heavy atom. The molecule has 0 saturated carbocycles. The lowest BCUT2D eigenvalue weighted by atomic mass is 9.89. The minimum Gasteiger partial charge on any atom is -0.331 e. The Balaban J connectivity index is 2.12. The van der Waals surface area contributed by atoms with E-state index in [4.69, 9.17) is 14.2 Å². The Labute approximate surface area is 90.0 Å². The molecular weight excluding hydrogens is 192 g/mol. The van der Waals surface area contributed by atoms with Gasteiger partial charge in [0.2, 0.25) is 0 Å². The first-order chi connectivity index (χ1) is 7.23. The molecule has 0 spiro atoms.